The van der Waals surface area contributed by atoms with Gasteiger partial charge in [-0.05, 0) is 31.2 Å². The standard InChI is InChI=1S/C18H33N5O.HI/c1-6-19-17(21-13-15-9-10-22-23(15)5)20-12-14-8-7-11-24-16(14)18(2,3)4;/h9-10,14,16H,6-8,11-13H2,1-5H3,(H2,19,20,21);1H. The van der Waals surface area contributed by atoms with Gasteiger partial charge in [0.15, 0.2) is 5.96 Å². The van der Waals surface area contributed by atoms with Crippen LogP contribution in [0.2, 0.25) is 0 Å². The summed E-state index contributed by atoms with van der Waals surface area (Å²) in [6.45, 7) is 12.1. The van der Waals surface area contributed by atoms with Crippen molar-refractivity contribution in [3.8, 4) is 0 Å². The fourth-order valence-electron chi connectivity index (χ4n) is 3.30. The van der Waals surface area contributed by atoms with Gasteiger partial charge in [0.1, 0.15) is 0 Å². The molecule has 0 saturated carbocycles. The summed E-state index contributed by atoms with van der Waals surface area (Å²) in [4.78, 5) is 4.68. The van der Waals surface area contributed by atoms with Crippen LogP contribution in [0.1, 0.15) is 46.2 Å². The highest BCUT2D eigenvalue weighted by molar-refractivity contribution is 14.0. The second-order valence-electron chi connectivity index (χ2n) is 7.58. The Morgan fingerprint density at radius 2 is 2.16 bits per heavy atom. The number of ether oxygens (including phenoxy) is 1. The summed E-state index contributed by atoms with van der Waals surface area (Å²) in [7, 11) is 1.94. The van der Waals surface area contributed by atoms with Crippen LogP contribution in [-0.4, -0.2) is 41.5 Å². The van der Waals surface area contributed by atoms with Crippen molar-refractivity contribution in [1.29, 1.82) is 0 Å². The van der Waals surface area contributed by atoms with Crippen molar-refractivity contribution in [2.24, 2.45) is 23.4 Å². The normalized spacial score (nSPS) is 21.6. The average molecular weight is 463 g/mol. The van der Waals surface area contributed by atoms with E-state index in [0.717, 1.165) is 37.8 Å². The van der Waals surface area contributed by atoms with Crippen LogP contribution >= 0.6 is 24.0 Å². The molecule has 0 radical (unpaired) electrons. The van der Waals surface area contributed by atoms with Gasteiger partial charge in [0.2, 0.25) is 0 Å². The number of rotatable bonds is 5. The average Bonchev–Trinajstić information content (AvgIpc) is 2.94. The maximum absolute atomic E-state index is 6.07. The minimum atomic E-state index is 0. The third kappa shape index (κ3) is 6.77. The highest BCUT2D eigenvalue weighted by atomic mass is 127. The van der Waals surface area contributed by atoms with Crippen LogP contribution in [0, 0.1) is 11.3 Å². The van der Waals surface area contributed by atoms with Crippen LogP contribution in [0.3, 0.4) is 0 Å². The van der Waals surface area contributed by atoms with Crippen LogP contribution in [0.4, 0.5) is 0 Å². The molecule has 0 bridgehead atoms. The minimum absolute atomic E-state index is 0. The molecule has 0 spiro atoms. The van der Waals surface area contributed by atoms with Gasteiger partial charge in [-0.2, -0.15) is 5.10 Å². The Kier molecular flexibility index (Phi) is 9.20. The Balaban J connectivity index is 0.00000312. The third-order valence-corrected chi connectivity index (χ3v) is 4.50. The van der Waals surface area contributed by atoms with Gasteiger partial charge in [-0.25, -0.2) is 4.99 Å². The quantitative estimate of drug-likeness (QED) is 0.401. The van der Waals surface area contributed by atoms with Gasteiger partial charge >= 0.3 is 0 Å². The molecule has 0 aromatic carbocycles. The van der Waals surface area contributed by atoms with E-state index in [4.69, 9.17) is 4.74 Å². The molecule has 0 amide bonds. The van der Waals surface area contributed by atoms with Crippen molar-refractivity contribution < 1.29 is 4.74 Å². The van der Waals surface area contributed by atoms with E-state index in [1.54, 1.807) is 6.20 Å². The van der Waals surface area contributed by atoms with Gasteiger partial charge in [0, 0.05) is 38.9 Å². The van der Waals surface area contributed by atoms with Crippen molar-refractivity contribution in [1.82, 2.24) is 20.4 Å². The molecule has 1 fully saturated rings. The molecule has 6 nitrogen and oxygen atoms in total. The maximum atomic E-state index is 6.07. The molecule has 144 valence electrons. The first-order valence-corrected chi connectivity index (χ1v) is 9.02. The smallest absolute Gasteiger partial charge is 0.191 e. The number of aryl methyl sites for hydroxylation is 1. The predicted molar refractivity (Wildman–Crippen MR) is 113 cm³/mol. The first kappa shape index (κ1) is 22.2. The van der Waals surface area contributed by atoms with Crippen molar-refractivity contribution in [2.45, 2.75) is 53.2 Å². The highest BCUT2D eigenvalue weighted by Gasteiger charge is 2.35. The molecule has 2 rings (SSSR count). The number of hydrogen-bond donors (Lipinski definition) is 2. The Hall–Kier alpha value is -0.830. The van der Waals surface area contributed by atoms with Gasteiger partial charge in [-0.15, -0.1) is 24.0 Å². The van der Waals surface area contributed by atoms with Crippen LogP contribution in [0.5, 0.6) is 0 Å². The summed E-state index contributed by atoms with van der Waals surface area (Å²) in [6, 6.07) is 2.00. The molecular weight excluding hydrogens is 429 g/mol. The second kappa shape index (κ2) is 10.4. The summed E-state index contributed by atoms with van der Waals surface area (Å²) < 4.78 is 7.93. The summed E-state index contributed by atoms with van der Waals surface area (Å²) in [5.41, 5.74) is 1.26. The maximum Gasteiger partial charge on any atom is 0.191 e. The van der Waals surface area contributed by atoms with Gasteiger partial charge in [-0.3, -0.25) is 4.68 Å². The fraction of sp³-hybridized carbons (Fsp3) is 0.778. The molecule has 2 unspecified atom stereocenters. The summed E-state index contributed by atoms with van der Waals surface area (Å²) in [6.07, 6.45) is 4.44. The Bertz CT molecular complexity index is 538. The van der Waals surface area contributed by atoms with Crippen molar-refractivity contribution >= 4 is 29.9 Å². The van der Waals surface area contributed by atoms with E-state index in [1.165, 1.54) is 6.42 Å². The Morgan fingerprint density at radius 3 is 2.76 bits per heavy atom. The third-order valence-electron chi connectivity index (χ3n) is 4.50. The number of hydrogen-bond acceptors (Lipinski definition) is 3. The first-order valence-electron chi connectivity index (χ1n) is 9.02. The minimum Gasteiger partial charge on any atom is -0.377 e. The monoisotopic (exact) mass is 463 g/mol. The molecule has 1 aliphatic heterocycles. The summed E-state index contributed by atoms with van der Waals surface area (Å²) in [5.74, 6) is 1.37. The number of aromatic nitrogens is 2. The van der Waals surface area contributed by atoms with E-state index in [9.17, 15) is 0 Å². The van der Waals surface area contributed by atoms with E-state index >= 15 is 0 Å². The van der Waals surface area contributed by atoms with E-state index < -0.39 is 0 Å². The largest absolute Gasteiger partial charge is 0.377 e. The second-order valence-corrected chi connectivity index (χ2v) is 7.58. The zero-order valence-electron chi connectivity index (χ0n) is 16.2. The molecule has 25 heavy (non-hydrogen) atoms. The van der Waals surface area contributed by atoms with Crippen LogP contribution in [0.15, 0.2) is 17.3 Å². The summed E-state index contributed by atoms with van der Waals surface area (Å²) >= 11 is 0. The molecule has 1 aromatic rings. The lowest BCUT2D eigenvalue weighted by molar-refractivity contribution is -0.0835. The highest BCUT2D eigenvalue weighted by Crippen LogP contribution is 2.33. The van der Waals surface area contributed by atoms with Gasteiger partial charge in [0.25, 0.3) is 0 Å². The molecule has 2 heterocycles. The van der Waals surface area contributed by atoms with Gasteiger partial charge in [-0.1, -0.05) is 20.8 Å². The number of nitrogens with one attached hydrogen (secondary N) is 2. The molecule has 2 atom stereocenters. The van der Waals surface area contributed by atoms with E-state index in [1.807, 2.05) is 17.8 Å². The predicted octanol–water partition coefficient (Wildman–Crippen LogP) is 2.93. The number of aliphatic imine (C=N–C) groups is 1. The Morgan fingerprint density at radius 1 is 1.40 bits per heavy atom. The lowest BCUT2D eigenvalue weighted by Gasteiger charge is -2.40. The number of nitrogens with zero attached hydrogens (tertiary/aromatic N) is 3. The zero-order chi connectivity index (χ0) is 17.6. The molecule has 0 aliphatic carbocycles. The van der Waals surface area contributed by atoms with Crippen molar-refractivity contribution in [3.63, 3.8) is 0 Å². The van der Waals surface area contributed by atoms with E-state index in [2.05, 4.69) is 48.4 Å². The van der Waals surface area contributed by atoms with Crippen molar-refractivity contribution in [3.05, 3.63) is 18.0 Å². The SMILES string of the molecule is CCNC(=NCc1ccnn1C)NCC1CCCOC1C(C)(C)C.I. The van der Waals surface area contributed by atoms with Crippen LogP contribution in [-0.2, 0) is 18.3 Å². The van der Waals surface area contributed by atoms with Gasteiger partial charge in [0.05, 0.1) is 18.3 Å². The Labute approximate surface area is 169 Å². The number of halogens is 1. The van der Waals surface area contributed by atoms with Gasteiger partial charge < -0.3 is 15.4 Å². The lowest BCUT2D eigenvalue weighted by Crippen LogP contribution is -2.47. The molecule has 1 aromatic heterocycles. The molecule has 2 N–H and O–H groups in total. The van der Waals surface area contributed by atoms with Crippen LogP contribution in [0.25, 0.3) is 0 Å². The number of guanidine groups is 1. The molecular formula is C18H34IN5O. The zero-order valence-corrected chi connectivity index (χ0v) is 18.5. The lowest BCUT2D eigenvalue weighted by atomic mass is 9.78. The van der Waals surface area contributed by atoms with E-state index in [0.29, 0.717) is 18.6 Å². The topological polar surface area (TPSA) is 63.5 Å². The molecule has 1 saturated heterocycles. The van der Waals surface area contributed by atoms with E-state index in [-0.39, 0.29) is 29.4 Å². The molecule has 1 aliphatic rings. The summed E-state index contributed by atoms with van der Waals surface area (Å²) in [5, 5.41) is 11.0. The van der Waals surface area contributed by atoms with Crippen molar-refractivity contribution in [2.75, 3.05) is 19.7 Å². The first-order chi connectivity index (χ1) is 11.4. The fourth-order valence-corrected chi connectivity index (χ4v) is 3.30. The van der Waals surface area contributed by atoms with Crippen LogP contribution < -0.4 is 10.6 Å². The molecule has 7 heteroatoms.